The second-order valence-corrected chi connectivity index (χ2v) is 8.09. The summed E-state index contributed by atoms with van der Waals surface area (Å²) in [5, 5.41) is 4.28. The summed E-state index contributed by atoms with van der Waals surface area (Å²) in [5.74, 6) is 1.38. The summed E-state index contributed by atoms with van der Waals surface area (Å²) in [4.78, 5) is 23.5. The average molecular weight is 390 g/mol. The predicted molar refractivity (Wildman–Crippen MR) is 115 cm³/mol. The molecule has 1 aromatic carbocycles. The minimum atomic E-state index is -0.107. The van der Waals surface area contributed by atoms with Gasteiger partial charge < -0.3 is 19.9 Å². The van der Waals surface area contributed by atoms with E-state index in [2.05, 4.69) is 33.2 Å². The summed E-state index contributed by atoms with van der Waals surface area (Å²) >= 11 is 0. The van der Waals surface area contributed by atoms with Crippen LogP contribution in [0.3, 0.4) is 0 Å². The van der Waals surface area contributed by atoms with Crippen LogP contribution >= 0.6 is 0 Å². The minimum absolute atomic E-state index is 0.107. The van der Waals surface area contributed by atoms with E-state index in [0.717, 1.165) is 43.0 Å². The number of aryl methyl sites for hydroxylation is 1. The number of hydrogen-bond acceptors (Lipinski definition) is 4. The molecule has 3 heterocycles. The Morgan fingerprint density at radius 2 is 2.10 bits per heavy atom. The molecule has 2 N–H and O–H groups in total. The van der Waals surface area contributed by atoms with E-state index in [9.17, 15) is 4.79 Å². The van der Waals surface area contributed by atoms with Crippen molar-refractivity contribution >= 4 is 28.3 Å². The van der Waals surface area contributed by atoms with Crippen molar-refractivity contribution in [2.24, 2.45) is 5.92 Å². The summed E-state index contributed by atoms with van der Waals surface area (Å²) in [5.41, 5.74) is 5.03. The number of anilines is 2. The quantitative estimate of drug-likeness (QED) is 0.714. The molecule has 1 aliphatic heterocycles. The zero-order valence-corrected chi connectivity index (χ0v) is 16.7. The molecule has 1 saturated heterocycles. The third kappa shape index (κ3) is 3.38. The van der Waals surface area contributed by atoms with Crippen LogP contribution in [-0.4, -0.2) is 42.2 Å². The second-order valence-electron chi connectivity index (χ2n) is 8.09. The van der Waals surface area contributed by atoms with Crippen molar-refractivity contribution in [2.45, 2.75) is 26.2 Å². The maximum Gasteiger partial charge on any atom is 0.257 e. The van der Waals surface area contributed by atoms with Gasteiger partial charge in [0.1, 0.15) is 0 Å². The van der Waals surface area contributed by atoms with E-state index in [1.807, 2.05) is 24.3 Å². The third-order valence-corrected chi connectivity index (χ3v) is 6.06. The molecule has 1 aliphatic carbocycles. The predicted octanol–water partition coefficient (Wildman–Crippen LogP) is 3.78. The van der Waals surface area contributed by atoms with E-state index < -0.39 is 0 Å². The van der Waals surface area contributed by atoms with Crippen molar-refractivity contribution in [3.05, 3.63) is 53.3 Å². The molecule has 0 bridgehead atoms. The number of amides is 1. The molecule has 29 heavy (non-hydrogen) atoms. The van der Waals surface area contributed by atoms with Crippen LogP contribution in [0.15, 0.2) is 36.5 Å². The van der Waals surface area contributed by atoms with Crippen LogP contribution in [0, 0.1) is 5.92 Å². The number of aromatic nitrogens is 2. The molecule has 0 spiro atoms. The van der Waals surface area contributed by atoms with Gasteiger partial charge in [-0.2, -0.15) is 0 Å². The topological polar surface area (TPSA) is 70.2 Å². The highest BCUT2D eigenvalue weighted by atomic mass is 16.5. The number of nitrogens with zero attached hydrogens (tertiary/aromatic N) is 2. The average Bonchev–Trinajstić information content (AvgIpc) is 3.12. The smallest absolute Gasteiger partial charge is 0.257 e. The Labute approximate surface area is 170 Å². The lowest BCUT2D eigenvalue weighted by atomic mass is 9.87. The Kier molecular flexibility index (Phi) is 4.72. The van der Waals surface area contributed by atoms with Crippen LogP contribution in [0.4, 0.5) is 11.5 Å². The lowest BCUT2D eigenvalue weighted by Crippen LogP contribution is -2.37. The van der Waals surface area contributed by atoms with Crippen LogP contribution in [-0.2, 0) is 17.6 Å². The van der Waals surface area contributed by atoms with Crippen LogP contribution < -0.4 is 10.2 Å². The lowest BCUT2D eigenvalue weighted by molar-refractivity contribution is 0.102. The van der Waals surface area contributed by atoms with E-state index in [-0.39, 0.29) is 5.91 Å². The lowest BCUT2D eigenvalue weighted by Gasteiger charge is -2.29. The molecule has 5 rings (SSSR count). The Bertz CT molecular complexity index is 1050. The molecule has 1 amide bonds. The van der Waals surface area contributed by atoms with Crippen molar-refractivity contribution in [2.75, 3.05) is 36.5 Å². The first-order valence-corrected chi connectivity index (χ1v) is 10.4. The zero-order valence-electron chi connectivity index (χ0n) is 16.7. The number of benzene rings is 1. The number of nitrogens with one attached hydrogen (secondary N) is 2. The molecule has 6 nitrogen and oxygen atoms in total. The molecular formula is C23H26N4O2. The monoisotopic (exact) mass is 390 g/mol. The highest BCUT2D eigenvalue weighted by molar-refractivity contribution is 6.13. The summed E-state index contributed by atoms with van der Waals surface area (Å²) in [6.45, 7) is 5.20. The molecule has 0 saturated carbocycles. The van der Waals surface area contributed by atoms with Gasteiger partial charge in [-0.3, -0.25) is 4.79 Å². The molecule has 1 atom stereocenters. The number of rotatable bonds is 3. The molecule has 2 aliphatic rings. The van der Waals surface area contributed by atoms with Crippen LogP contribution in [0.25, 0.3) is 10.9 Å². The number of carbonyl (C=O) groups is 1. The zero-order chi connectivity index (χ0) is 19.8. The second kappa shape index (κ2) is 7.52. The number of morpholine rings is 1. The fourth-order valence-corrected chi connectivity index (χ4v) is 4.52. The number of hydrogen-bond donors (Lipinski definition) is 2. The Hall–Kier alpha value is -2.86. The van der Waals surface area contributed by atoms with Crippen LogP contribution in [0.2, 0.25) is 0 Å². The maximum absolute atomic E-state index is 13.2. The summed E-state index contributed by atoms with van der Waals surface area (Å²) in [6, 6.07) is 9.78. The van der Waals surface area contributed by atoms with Crippen molar-refractivity contribution in [1.29, 1.82) is 0 Å². The fourth-order valence-electron chi connectivity index (χ4n) is 4.52. The molecular weight excluding hydrogens is 364 g/mol. The number of aromatic amines is 1. The Morgan fingerprint density at radius 1 is 1.24 bits per heavy atom. The Balaban J connectivity index is 1.47. The van der Waals surface area contributed by atoms with E-state index in [0.29, 0.717) is 24.7 Å². The number of pyridine rings is 1. The van der Waals surface area contributed by atoms with E-state index in [1.165, 1.54) is 23.1 Å². The minimum Gasteiger partial charge on any atom is -0.378 e. The summed E-state index contributed by atoms with van der Waals surface area (Å²) < 4.78 is 5.45. The SMILES string of the molecule is CC1CCc2[nH]c3c(C(=O)Nc4cccnc4N4CCOCC4)cccc3c2C1. The third-order valence-electron chi connectivity index (χ3n) is 6.06. The molecule has 1 unspecified atom stereocenters. The van der Waals surface area contributed by atoms with Gasteiger partial charge in [-0.25, -0.2) is 4.98 Å². The first kappa shape index (κ1) is 18.2. The highest BCUT2D eigenvalue weighted by Crippen LogP contribution is 2.33. The number of fused-ring (bicyclic) bond motifs is 3. The van der Waals surface area contributed by atoms with Gasteiger partial charge in [0.25, 0.3) is 5.91 Å². The van der Waals surface area contributed by atoms with Gasteiger partial charge in [0.15, 0.2) is 5.82 Å². The first-order valence-electron chi connectivity index (χ1n) is 10.4. The molecule has 3 aromatic rings. The maximum atomic E-state index is 13.2. The van der Waals surface area contributed by atoms with Crippen molar-refractivity contribution in [3.8, 4) is 0 Å². The fraction of sp³-hybridized carbons (Fsp3) is 0.391. The van der Waals surface area contributed by atoms with Gasteiger partial charge in [0, 0.05) is 30.4 Å². The van der Waals surface area contributed by atoms with Gasteiger partial charge >= 0.3 is 0 Å². The van der Waals surface area contributed by atoms with Gasteiger partial charge in [0.2, 0.25) is 0 Å². The van der Waals surface area contributed by atoms with Gasteiger partial charge in [-0.05, 0) is 48.9 Å². The number of para-hydroxylation sites is 1. The summed E-state index contributed by atoms with van der Waals surface area (Å²) in [7, 11) is 0. The number of ether oxygens (including phenoxy) is 1. The van der Waals surface area contributed by atoms with Gasteiger partial charge in [-0.15, -0.1) is 0 Å². The van der Waals surface area contributed by atoms with Crippen molar-refractivity contribution in [3.63, 3.8) is 0 Å². The summed E-state index contributed by atoms with van der Waals surface area (Å²) in [6.07, 6.45) is 5.08. The highest BCUT2D eigenvalue weighted by Gasteiger charge is 2.23. The molecule has 0 radical (unpaired) electrons. The van der Waals surface area contributed by atoms with E-state index in [4.69, 9.17) is 4.74 Å². The largest absolute Gasteiger partial charge is 0.378 e. The molecule has 2 aromatic heterocycles. The number of carbonyl (C=O) groups excluding carboxylic acids is 1. The van der Waals surface area contributed by atoms with Gasteiger partial charge in [0.05, 0.1) is 30.0 Å². The van der Waals surface area contributed by atoms with Crippen molar-refractivity contribution < 1.29 is 9.53 Å². The van der Waals surface area contributed by atoms with Crippen LogP contribution in [0.1, 0.15) is 35.0 Å². The standard InChI is InChI=1S/C23H26N4O2/c1-15-7-8-19-18(14-15)16-4-2-5-17(21(16)25-19)23(28)26-20-6-3-9-24-22(20)27-10-12-29-13-11-27/h2-6,9,15,25H,7-8,10-14H2,1H3,(H,26,28). The van der Waals surface area contributed by atoms with Crippen molar-refractivity contribution in [1.82, 2.24) is 9.97 Å². The molecule has 1 fully saturated rings. The number of H-pyrrole nitrogens is 1. The molecule has 6 heteroatoms. The van der Waals surface area contributed by atoms with E-state index >= 15 is 0 Å². The normalized spacial score (nSPS) is 19.2. The Morgan fingerprint density at radius 3 is 2.97 bits per heavy atom. The van der Waals surface area contributed by atoms with Crippen LogP contribution in [0.5, 0.6) is 0 Å². The van der Waals surface area contributed by atoms with E-state index in [1.54, 1.807) is 6.20 Å². The first-order chi connectivity index (χ1) is 14.2. The molecule has 150 valence electrons. The van der Waals surface area contributed by atoms with Gasteiger partial charge in [-0.1, -0.05) is 19.1 Å².